The average molecular weight is 334 g/mol. The number of hydrogen-bond donors (Lipinski definition) is 3. The van der Waals surface area contributed by atoms with E-state index in [0.29, 0.717) is 18.0 Å². The molecule has 24 heavy (non-hydrogen) atoms. The van der Waals surface area contributed by atoms with Crippen LogP contribution in [-0.2, 0) is 11.3 Å². The second-order valence-electron chi connectivity index (χ2n) is 4.56. The van der Waals surface area contributed by atoms with E-state index in [1.807, 2.05) is 6.92 Å². The summed E-state index contributed by atoms with van der Waals surface area (Å²) in [5.74, 6) is -3.01. The Morgan fingerprint density at radius 2 is 1.83 bits per heavy atom. The Bertz CT molecular complexity index is 768. The molecule has 3 N–H and O–H groups in total. The van der Waals surface area contributed by atoms with E-state index in [0.717, 1.165) is 4.68 Å². The summed E-state index contributed by atoms with van der Waals surface area (Å²) in [6.45, 7) is 1.87. The highest BCUT2D eigenvalue weighted by atomic mass is 16.5. The van der Waals surface area contributed by atoms with Gasteiger partial charge in [0.1, 0.15) is 12.3 Å². The van der Waals surface area contributed by atoms with Crippen LogP contribution in [0.4, 0.5) is 5.69 Å². The van der Waals surface area contributed by atoms with Crippen LogP contribution in [0.5, 0.6) is 5.75 Å². The average Bonchev–Trinajstić information content (AvgIpc) is 2.93. The standard InChI is InChI=1S/C14H14N4O6/c1-2-24-9-5-3-8(4-6-9)15-10(19)7-18-12(14(22)23)11(13(20)21)16-17-18/h3-6H,2,7H2,1H3,(H,15,19)(H,20,21)(H,22,23). The number of carbonyl (C=O) groups is 3. The monoisotopic (exact) mass is 334 g/mol. The van der Waals surface area contributed by atoms with E-state index in [9.17, 15) is 14.4 Å². The summed E-state index contributed by atoms with van der Waals surface area (Å²) in [6.07, 6.45) is 0. The first kappa shape index (κ1) is 16.9. The second kappa shape index (κ2) is 7.22. The molecule has 126 valence electrons. The minimum absolute atomic E-state index is 0.471. The van der Waals surface area contributed by atoms with Crippen molar-refractivity contribution in [3.05, 3.63) is 35.7 Å². The van der Waals surface area contributed by atoms with E-state index in [-0.39, 0.29) is 0 Å². The minimum atomic E-state index is -1.54. The molecule has 0 aliphatic carbocycles. The van der Waals surface area contributed by atoms with Crippen molar-refractivity contribution in [2.75, 3.05) is 11.9 Å². The van der Waals surface area contributed by atoms with Crippen LogP contribution in [0, 0.1) is 0 Å². The minimum Gasteiger partial charge on any atom is -0.494 e. The van der Waals surface area contributed by atoms with Crippen molar-refractivity contribution in [1.82, 2.24) is 15.0 Å². The first-order chi connectivity index (χ1) is 11.4. The Kier molecular flexibility index (Phi) is 5.09. The van der Waals surface area contributed by atoms with Gasteiger partial charge in [0.15, 0.2) is 5.69 Å². The molecule has 0 unspecified atom stereocenters. The van der Waals surface area contributed by atoms with E-state index in [1.54, 1.807) is 24.3 Å². The van der Waals surface area contributed by atoms with E-state index >= 15 is 0 Å². The van der Waals surface area contributed by atoms with Gasteiger partial charge in [-0.1, -0.05) is 5.21 Å². The number of carboxylic acid groups (broad SMARTS) is 2. The number of nitrogens with one attached hydrogen (secondary N) is 1. The fourth-order valence-electron chi connectivity index (χ4n) is 1.92. The fourth-order valence-corrected chi connectivity index (χ4v) is 1.92. The zero-order valence-corrected chi connectivity index (χ0v) is 12.6. The van der Waals surface area contributed by atoms with Crippen molar-refractivity contribution in [2.24, 2.45) is 0 Å². The quantitative estimate of drug-likeness (QED) is 0.671. The lowest BCUT2D eigenvalue weighted by Crippen LogP contribution is -2.23. The Morgan fingerprint density at radius 1 is 1.17 bits per heavy atom. The summed E-state index contributed by atoms with van der Waals surface area (Å²) in [6, 6.07) is 6.57. The highest BCUT2D eigenvalue weighted by Crippen LogP contribution is 2.15. The van der Waals surface area contributed by atoms with E-state index < -0.39 is 35.8 Å². The molecule has 0 fully saturated rings. The molecule has 0 saturated carbocycles. The number of ether oxygens (including phenoxy) is 1. The van der Waals surface area contributed by atoms with Gasteiger partial charge in [-0.2, -0.15) is 0 Å². The molecule has 0 radical (unpaired) electrons. The van der Waals surface area contributed by atoms with Crippen LogP contribution in [0.25, 0.3) is 0 Å². The third kappa shape index (κ3) is 3.85. The van der Waals surface area contributed by atoms with E-state index in [4.69, 9.17) is 14.9 Å². The summed E-state index contributed by atoms with van der Waals surface area (Å²) in [7, 11) is 0. The van der Waals surface area contributed by atoms with E-state index in [2.05, 4.69) is 15.6 Å². The molecule has 0 bridgehead atoms. The third-order valence-electron chi connectivity index (χ3n) is 2.88. The van der Waals surface area contributed by atoms with Gasteiger partial charge in [-0.05, 0) is 31.2 Å². The van der Waals surface area contributed by atoms with E-state index in [1.165, 1.54) is 0 Å². The molecule has 1 aromatic carbocycles. The molecule has 10 nitrogen and oxygen atoms in total. The highest BCUT2D eigenvalue weighted by molar-refractivity contribution is 5.99. The molecule has 0 atom stereocenters. The van der Waals surface area contributed by atoms with Crippen LogP contribution >= 0.6 is 0 Å². The molecule has 0 aliphatic heterocycles. The molecule has 1 heterocycles. The lowest BCUT2D eigenvalue weighted by molar-refractivity contribution is -0.116. The number of hydrogen-bond acceptors (Lipinski definition) is 6. The molecule has 0 spiro atoms. The lowest BCUT2D eigenvalue weighted by atomic mass is 10.3. The molecule has 0 aliphatic rings. The number of amides is 1. The fraction of sp³-hybridized carbons (Fsp3) is 0.214. The smallest absolute Gasteiger partial charge is 0.359 e. The van der Waals surface area contributed by atoms with Crippen molar-refractivity contribution in [1.29, 1.82) is 0 Å². The van der Waals surface area contributed by atoms with Crippen LogP contribution < -0.4 is 10.1 Å². The number of aromatic nitrogens is 3. The van der Waals surface area contributed by atoms with Gasteiger partial charge in [-0.25, -0.2) is 14.3 Å². The Labute approximate surface area is 135 Å². The maximum Gasteiger partial charge on any atom is 0.359 e. The van der Waals surface area contributed by atoms with Crippen molar-refractivity contribution in [3.63, 3.8) is 0 Å². The topological polar surface area (TPSA) is 144 Å². The summed E-state index contributed by atoms with van der Waals surface area (Å²) >= 11 is 0. The van der Waals surface area contributed by atoms with Crippen molar-refractivity contribution in [3.8, 4) is 5.75 Å². The van der Waals surface area contributed by atoms with Gasteiger partial charge < -0.3 is 20.3 Å². The van der Waals surface area contributed by atoms with Gasteiger partial charge in [0, 0.05) is 5.69 Å². The van der Waals surface area contributed by atoms with Gasteiger partial charge in [-0.15, -0.1) is 5.10 Å². The first-order valence-electron chi connectivity index (χ1n) is 6.85. The van der Waals surface area contributed by atoms with Crippen molar-refractivity contribution in [2.45, 2.75) is 13.5 Å². The molecule has 0 saturated heterocycles. The highest BCUT2D eigenvalue weighted by Gasteiger charge is 2.25. The Balaban J connectivity index is 2.10. The first-order valence-corrected chi connectivity index (χ1v) is 6.85. The van der Waals surface area contributed by atoms with Crippen LogP contribution in [0.2, 0.25) is 0 Å². The molecule has 10 heteroatoms. The summed E-state index contributed by atoms with van der Waals surface area (Å²) in [5, 5.41) is 27.1. The van der Waals surface area contributed by atoms with Gasteiger partial charge in [0.2, 0.25) is 11.6 Å². The van der Waals surface area contributed by atoms with Gasteiger partial charge in [-0.3, -0.25) is 4.79 Å². The zero-order chi connectivity index (χ0) is 17.7. The third-order valence-corrected chi connectivity index (χ3v) is 2.88. The number of nitrogens with zero attached hydrogens (tertiary/aromatic N) is 3. The lowest BCUT2D eigenvalue weighted by Gasteiger charge is -2.07. The second-order valence-corrected chi connectivity index (χ2v) is 4.56. The number of carbonyl (C=O) groups excluding carboxylic acids is 1. The number of benzene rings is 1. The van der Waals surface area contributed by atoms with Crippen LogP contribution in [0.15, 0.2) is 24.3 Å². The zero-order valence-electron chi connectivity index (χ0n) is 12.6. The SMILES string of the molecule is CCOc1ccc(NC(=O)Cn2nnc(C(=O)O)c2C(=O)O)cc1. The van der Waals surface area contributed by atoms with Crippen molar-refractivity contribution < 1.29 is 29.3 Å². The normalized spacial score (nSPS) is 10.2. The number of rotatable bonds is 7. The summed E-state index contributed by atoms with van der Waals surface area (Å²) in [5.41, 5.74) is -0.917. The molecule has 2 aromatic rings. The molecular weight excluding hydrogens is 320 g/mol. The van der Waals surface area contributed by atoms with Crippen LogP contribution in [0.3, 0.4) is 0 Å². The summed E-state index contributed by atoms with van der Waals surface area (Å²) < 4.78 is 5.99. The maximum absolute atomic E-state index is 12.0. The number of anilines is 1. The molecular formula is C14H14N4O6. The van der Waals surface area contributed by atoms with Gasteiger partial charge in [0.05, 0.1) is 6.61 Å². The maximum atomic E-state index is 12.0. The van der Waals surface area contributed by atoms with Gasteiger partial charge >= 0.3 is 11.9 Å². The number of aromatic carboxylic acids is 2. The predicted octanol–water partition coefficient (Wildman–Crippen LogP) is 0.712. The largest absolute Gasteiger partial charge is 0.494 e. The Morgan fingerprint density at radius 3 is 2.38 bits per heavy atom. The molecule has 2 rings (SSSR count). The van der Waals surface area contributed by atoms with Gasteiger partial charge in [0.25, 0.3) is 0 Å². The number of carboxylic acids is 2. The van der Waals surface area contributed by atoms with Crippen LogP contribution in [0.1, 0.15) is 27.9 Å². The van der Waals surface area contributed by atoms with Crippen molar-refractivity contribution >= 4 is 23.5 Å². The van der Waals surface area contributed by atoms with Crippen LogP contribution in [-0.4, -0.2) is 49.7 Å². The molecule has 1 aromatic heterocycles. The molecule has 1 amide bonds. The Hall–Kier alpha value is -3.43. The predicted molar refractivity (Wildman–Crippen MR) is 80.2 cm³/mol. The summed E-state index contributed by atoms with van der Waals surface area (Å²) in [4.78, 5) is 34.0.